The van der Waals surface area contributed by atoms with Crippen molar-refractivity contribution in [1.29, 1.82) is 0 Å². The number of carbonyl (C=O) groups excluding carboxylic acids is 1. The van der Waals surface area contributed by atoms with E-state index in [0.717, 1.165) is 18.2 Å². The summed E-state index contributed by atoms with van der Waals surface area (Å²) >= 11 is 0. The average molecular weight is 349 g/mol. The maximum Gasteiger partial charge on any atom is 0.231 e. The minimum Gasteiger partial charge on any atom is -0.342 e. The van der Waals surface area contributed by atoms with Gasteiger partial charge in [0.2, 0.25) is 11.8 Å². The fourth-order valence-corrected chi connectivity index (χ4v) is 3.44. The van der Waals surface area contributed by atoms with Crippen molar-refractivity contribution in [2.45, 2.75) is 30.6 Å². The standard InChI is InChI=1S/C16H19N3O4S/c1-11-17-16(23-18-11)13-7-8-19(10-13)15(20)9-12-3-5-14(6-4-12)24(2,21)22/h3-6,13H,7-10H2,1-2H3/t13-/m0/s1. The van der Waals surface area contributed by atoms with E-state index in [2.05, 4.69) is 10.1 Å². The molecule has 0 saturated carbocycles. The minimum absolute atomic E-state index is 0.0147. The molecular formula is C16H19N3O4S. The van der Waals surface area contributed by atoms with Gasteiger partial charge in [0, 0.05) is 19.3 Å². The highest BCUT2D eigenvalue weighted by Crippen LogP contribution is 2.26. The number of likely N-dealkylation sites (tertiary alicyclic amines) is 1. The molecule has 1 amide bonds. The Labute approximate surface area is 140 Å². The van der Waals surface area contributed by atoms with Gasteiger partial charge in [0.05, 0.1) is 17.2 Å². The van der Waals surface area contributed by atoms with Gasteiger partial charge in [0.1, 0.15) is 0 Å². The van der Waals surface area contributed by atoms with Gasteiger partial charge in [-0.15, -0.1) is 0 Å². The third kappa shape index (κ3) is 3.64. The Morgan fingerprint density at radius 3 is 2.62 bits per heavy atom. The van der Waals surface area contributed by atoms with Gasteiger partial charge < -0.3 is 9.42 Å². The smallest absolute Gasteiger partial charge is 0.231 e. The van der Waals surface area contributed by atoms with Crippen LogP contribution in [0.5, 0.6) is 0 Å². The van der Waals surface area contributed by atoms with Gasteiger partial charge in [-0.05, 0) is 31.0 Å². The summed E-state index contributed by atoms with van der Waals surface area (Å²) in [5.41, 5.74) is 0.796. The van der Waals surface area contributed by atoms with Crippen LogP contribution in [0.4, 0.5) is 0 Å². The Kier molecular flexibility index (Phi) is 4.40. The van der Waals surface area contributed by atoms with E-state index >= 15 is 0 Å². The van der Waals surface area contributed by atoms with Gasteiger partial charge in [-0.1, -0.05) is 17.3 Å². The quantitative estimate of drug-likeness (QED) is 0.827. The van der Waals surface area contributed by atoms with Crippen molar-refractivity contribution >= 4 is 15.7 Å². The zero-order valence-corrected chi connectivity index (χ0v) is 14.4. The van der Waals surface area contributed by atoms with E-state index in [1.165, 1.54) is 12.1 Å². The largest absolute Gasteiger partial charge is 0.342 e. The van der Waals surface area contributed by atoms with Gasteiger partial charge in [0.15, 0.2) is 15.7 Å². The van der Waals surface area contributed by atoms with Crippen LogP contribution in [0.25, 0.3) is 0 Å². The molecule has 0 unspecified atom stereocenters. The SMILES string of the molecule is Cc1noc([C@H]2CCN(C(=O)Cc3ccc(S(C)(=O)=O)cc3)C2)n1. The van der Waals surface area contributed by atoms with Crippen molar-refractivity contribution in [3.63, 3.8) is 0 Å². The summed E-state index contributed by atoms with van der Waals surface area (Å²) in [6, 6.07) is 6.43. The first-order valence-corrected chi connectivity index (χ1v) is 9.59. The molecule has 0 spiro atoms. The average Bonchev–Trinajstić information content (AvgIpc) is 3.15. The fourth-order valence-electron chi connectivity index (χ4n) is 2.81. The van der Waals surface area contributed by atoms with E-state index in [1.807, 2.05) is 0 Å². The Morgan fingerprint density at radius 1 is 1.33 bits per heavy atom. The van der Waals surface area contributed by atoms with Crippen molar-refractivity contribution in [3.05, 3.63) is 41.5 Å². The van der Waals surface area contributed by atoms with Crippen LogP contribution < -0.4 is 0 Å². The monoisotopic (exact) mass is 349 g/mol. The number of carbonyl (C=O) groups is 1. The summed E-state index contributed by atoms with van der Waals surface area (Å²) in [5.74, 6) is 1.28. The number of rotatable bonds is 4. The van der Waals surface area contributed by atoms with E-state index in [-0.39, 0.29) is 23.1 Å². The molecule has 2 aromatic rings. The number of benzene rings is 1. The van der Waals surface area contributed by atoms with Crippen LogP contribution in [0.1, 0.15) is 29.6 Å². The van der Waals surface area contributed by atoms with E-state index < -0.39 is 9.84 Å². The molecule has 7 nitrogen and oxygen atoms in total. The van der Waals surface area contributed by atoms with Crippen molar-refractivity contribution in [2.24, 2.45) is 0 Å². The first kappa shape index (κ1) is 16.6. The summed E-state index contributed by atoms with van der Waals surface area (Å²) in [4.78, 5) is 18.7. The van der Waals surface area contributed by atoms with E-state index in [4.69, 9.17) is 4.52 Å². The van der Waals surface area contributed by atoms with Crippen LogP contribution in [0.2, 0.25) is 0 Å². The number of hydrogen-bond donors (Lipinski definition) is 0. The van der Waals surface area contributed by atoms with E-state index in [1.54, 1.807) is 24.0 Å². The molecule has 1 aliphatic rings. The normalized spacial score (nSPS) is 18.1. The molecule has 1 fully saturated rings. The molecule has 0 radical (unpaired) electrons. The number of hydrogen-bond acceptors (Lipinski definition) is 6. The highest BCUT2D eigenvalue weighted by molar-refractivity contribution is 7.90. The van der Waals surface area contributed by atoms with Gasteiger partial charge in [0.25, 0.3) is 0 Å². The van der Waals surface area contributed by atoms with Crippen LogP contribution in [-0.4, -0.2) is 48.7 Å². The van der Waals surface area contributed by atoms with Gasteiger partial charge in [-0.2, -0.15) is 4.98 Å². The fraction of sp³-hybridized carbons (Fsp3) is 0.438. The zero-order chi connectivity index (χ0) is 17.3. The topological polar surface area (TPSA) is 93.4 Å². The minimum atomic E-state index is -3.22. The number of nitrogens with zero attached hydrogens (tertiary/aromatic N) is 3. The van der Waals surface area contributed by atoms with Crippen LogP contribution in [0, 0.1) is 6.92 Å². The van der Waals surface area contributed by atoms with Gasteiger partial charge in [-0.25, -0.2) is 8.42 Å². The van der Waals surface area contributed by atoms with Crippen LogP contribution >= 0.6 is 0 Å². The number of aryl methyl sites for hydroxylation is 1. The molecule has 0 bridgehead atoms. The Hall–Kier alpha value is -2.22. The number of aromatic nitrogens is 2. The number of sulfone groups is 1. The summed E-state index contributed by atoms with van der Waals surface area (Å²) in [7, 11) is -3.22. The van der Waals surface area contributed by atoms with Crippen LogP contribution in [0.3, 0.4) is 0 Å². The lowest BCUT2D eigenvalue weighted by molar-refractivity contribution is -0.129. The predicted octanol–water partition coefficient (Wildman–Crippen LogP) is 1.34. The lowest BCUT2D eigenvalue weighted by Crippen LogP contribution is -2.29. The summed E-state index contributed by atoms with van der Waals surface area (Å²) < 4.78 is 28.1. The van der Waals surface area contributed by atoms with Crippen molar-refractivity contribution in [2.75, 3.05) is 19.3 Å². The highest BCUT2D eigenvalue weighted by Gasteiger charge is 2.30. The molecule has 1 aromatic carbocycles. The van der Waals surface area contributed by atoms with E-state index in [9.17, 15) is 13.2 Å². The molecule has 8 heteroatoms. The molecular weight excluding hydrogens is 330 g/mol. The first-order valence-electron chi connectivity index (χ1n) is 7.70. The molecule has 1 aliphatic heterocycles. The van der Waals surface area contributed by atoms with Gasteiger partial charge in [-0.3, -0.25) is 4.79 Å². The molecule has 3 rings (SSSR count). The third-order valence-electron chi connectivity index (χ3n) is 4.14. The lowest BCUT2D eigenvalue weighted by Gasteiger charge is -2.16. The first-order chi connectivity index (χ1) is 11.3. The van der Waals surface area contributed by atoms with Crippen molar-refractivity contribution < 1.29 is 17.7 Å². The predicted molar refractivity (Wildman–Crippen MR) is 86.2 cm³/mol. The Balaban J connectivity index is 1.61. The third-order valence-corrected chi connectivity index (χ3v) is 5.27. The second kappa shape index (κ2) is 6.35. The zero-order valence-electron chi connectivity index (χ0n) is 13.6. The molecule has 1 saturated heterocycles. The summed E-state index contributed by atoms with van der Waals surface area (Å²) in [6.45, 7) is 3.00. The molecule has 1 aromatic heterocycles. The molecule has 0 N–H and O–H groups in total. The van der Waals surface area contributed by atoms with Crippen molar-refractivity contribution in [1.82, 2.24) is 15.0 Å². The van der Waals surface area contributed by atoms with Crippen LogP contribution in [0.15, 0.2) is 33.7 Å². The maximum atomic E-state index is 12.4. The van der Waals surface area contributed by atoms with Crippen molar-refractivity contribution in [3.8, 4) is 0 Å². The summed E-state index contributed by atoms with van der Waals surface area (Å²) in [5, 5.41) is 3.79. The second-order valence-electron chi connectivity index (χ2n) is 6.10. The van der Waals surface area contributed by atoms with E-state index in [0.29, 0.717) is 24.8 Å². The molecule has 1 atom stereocenters. The molecule has 24 heavy (non-hydrogen) atoms. The highest BCUT2D eigenvalue weighted by atomic mass is 32.2. The second-order valence-corrected chi connectivity index (χ2v) is 8.11. The molecule has 2 heterocycles. The summed E-state index contributed by atoms with van der Waals surface area (Å²) in [6.07, 6.45) is 2.22. The van der Waals surface area contributed by atoms with Crippen LogP contribution in [-0.2, 0) is 21.1 Å². The molecule has 0 aliphatic carbocycles. The Morgan fingerprint density at radius 2 is 2.04 bits per heavy atom. The van der Waals surface area contributed by atoms with Gasteiger partial charge >= 0.3 is 0 Å². The number of amides is 1. The lowest BCUT2D eigenvalue weighted by atomic mass is 10.1. The maximum absolute atomic E-state index is 12.4. The molecule has 128 valence electrons. The Bertz CT molecular complexity index is 842.